The van der Waals surface area contributed by atoms with Crippen LogP contribution >= 0.6 is 0 Å². The Labute approximate surface area is 180 Å². The second-order valence-electron chi connectivity index (χ2n) is 8.27. The summed E-state index contributed by atoms with van der Waals surface area (Å²) in [6.07, 6.45) is 15.4. The zero-order valence-electron chi connectivity index (χ0n) is 18.4. The van der Waals surface area contributed by atoms with Gasteiger partial charge in [0.2, 0.25) is 0 Å². The van der Waals surface area contributed by atoms with Gasteiger partial charge in [0.05, 0.1) is 14.2 Å². The van der Waals surface area contributed by atoms with Crippen LogP contribution in [0.15, 0.2) is 60.2 Å². The lowest BCUT2D eigenvalue weighted by Gasteiger charge is -2.30. The summed E-state index contributed by atoms with van der Waals surface area (Å²) in [6.45, 7) is 9.83. The molecule has 2 aliphatic carbocycles. The Balaban J connectivity index is 0.000000171. The molecule has 1 fully saturated rings. The van der Waals surface area contributed by atoms with Crippen LogP contribution in [0.4, 0.5) is 0 Å². The molecule has 1 aromatic carbocycles. The second-order valence-corrected chi connectivity index (χ2v) is 8.27. The second kappa shape index (κ2) is 10.4. The summed E-state index contributed by atoms with van der Waals surface area (Å²) in [4.78, 5) is 14.3. The number of hydrogen-bond donors (Lipinski definition) is 0. The van der Waals surface area contributed by atoms with Crippen LogP contribution in [-0.2, 0) is 6.42 Å². The summed E-state index contributed by atoms with van der Waals surface area (Å²) in [5.41, 5.74) is 3.81. The van der Waals surface area contributed by atoms with E-state index in [9.17, 15) is 4.79 Å². The average Bonchev–Trinajstić information content (AvgIpc) is 2.92. The molecule has 1 heterocycles. The molecule has 0 radical (unpaired) electrons. The first kappa shape index (κ1) is 22.1. The summed E-state index contributed by atoms with van der Waals surface area (Å²) in [6, 6.07) is 3.55. The number of piperidine rings is 1. The number of Topliss-reactive ketones (excluding diaryl/α,β-unsaturated/α-hetero) is 1. The molecular weight excluding hydrogens is 374 g/mol. The molecule has 0 N–H and O–H groups in total. The highest BCUT2D eigenvalue weighted by atomic mass is 16.5. The standard InChI is InChI=1S/C14H21N.C12H12O3/c1-13-8-10-15(11-9-13)12-14-6-4-2-3-5-7-14;1-7-4-8-5-10(14-2)11(15-3)6-9(8)12(7)13/h2-6,13H,7-12H2,1H3;5-6H,1,4H2,2-3H3. The summed E-state index contributed by atoms with van der Waals surface area (Å²) in [5, 5.41) is 0. The van der Waals surface area contributed by atoms with Crippen molar-refractivity contribution >= 4 is 5.78 Å². The number of fused-ring (bicyclic) bond motifs is 1. The monoisotopic (exact) mass is 407 g/mol. The summed E-state index contributed by atoms with van der Waals surface area (Å²) in [5.74, 6) is 2.17. The van der Waals surface area contributed by atoms with E-state index in [2.05, 4.69) is 48.8 Å². The van der Waals surface area contributed by atoms with Crippen LogP contribution in [0.1, 0.15) is 42.1 Å². The maximum absolute atomic E-state index is 11.7. The number of nitrogens with zero attached hydrogens (tertiary/aromatic N) is 1. The largest absolute Gasteiger partial charge is 0.493 e. The molecule has 160 valence electrons. The number of ketones is 1. The van der Waals surface area contributed by atoms with E-state index >= 15 is 0 Å². The third-order valence-corrected chi connectivity index (χ3v) is 5.95. The third kappa shape index (κ3) is 5.51. The number of carbonyl (C=O) groups excluding carboxylic acids is 1. The fourth-order valence-electron chi connectivity index (χ4n) is 4.03. The van der Waals surface area contributed by atoms with Crippen molar-refractivity contribution < 1.29 is 14.3 Å². The minimum Gasteiger partial charge on any atom is -0.493 e. The lowest BCUT2D eigenvalue weighted by Crippen LogP contribution is -2.34. The number of rotatable bonds is 4. The number of carbonyl (C=O) groups is 1. The van der Waals surface area contributed by atoms with Gasteiger partial charge >= 0.3 is 0 Å². The van der Waals surface area contributed by atoms with E-state index < -0.39 is 0 Å². The SMILES string of the molecule is C=C1Cc2cc(OC)c(OC)cc2C1=O.CC1CCN(CC2=CC=CC=CC2)CC1. The van der Waals surface area contributed by atoms with Gasteiger partial charge in [0.15, 0.2) is 17.3 Å². The van der Waals surface area contributed by atoms with Crippen LogP contribution in [-0.4, -0.2) is 44.5 Å². The Kier molecular flexibility index (Phi) is 7.69. The Hall–Kier alpha value is -2.59. The lowest BCUT2D eigenvalue weighted by atomic mass is 9.98. The molecule has 3 aliphatic rings. The van der Waals surface area contributed by atoms with E-state index in [-0.39, 0.29) is 5.78 Å². The molecule has 30 heavy (non-hydrogen) atoms. The molecular formula is C26H33NO3. The molecule has 1 aliphatic heterocycles. The van der Waals surface area contributed by atoms with E-state index in [4.69, 9.17) is 9.47 Å². The van der Waals surface area contributed by atoms with E-state index in [1.807, 2.05) is 6.07 Å². The number of hydrogen-bond acceptors (Lipinski definition) is 4. The Morgan fingerprint density at radius 1 is 1.07 bits per heavy atom. The molecule has 0 atom stereocenters. The molecule has 4 nitrogen and oxygen atoms in total. The summed E-state index contributed by atoms with van der Waals surface area (Å²) < 4.78 is 10.3. The Morgan fingerprint density at radius 3 is 2.47 bits per heavy atom. The van der Waals surface area contributed by atoms with Gasteiger partial charge in [0.25, 0.3) is 0 Å². The highest BCUT2D eigenvalue weighted by Crippen LogP contribution is 2.35. The molecule has 0 amide bonds. The van der Waals surface area contributed by atoms with Crippen molar-refractivity contribution in [2.75, 3.05) is 33.9 Å². The van der Waals surface area contributed by atoms with Crippen molar-refractivity contribution in [3.05, 3.63) is 71.4 Å². The van der Waals surface area contributed by atoms with Crippen LogP contribution in [0.3, 0.4) is 0 Å². The molecule has 0 unspecified atom stereocenters. The summed E-state index contributed by atoms with van der Waals surface area (Å²) in [7, 11) is 3.13. The minimum absolute atomic E-state index is 0.00551. The maximum atomic E-state index is 11.7. The van der Waals surface area contributed by atoms with Crippen LogP contribution in [0, 0.1) is 5.92 Å². The minimum atomic E-state index is 0.00551. The van der Waals surface area contributed by atoms with Crippen molar-refractivity contribution in [1.29, 1.82) is 0 Å². The highest BCUT2D eigenvalue weighted by molar-refractivity contribution is 6.13. The van der Waals surface area contributed by atoms with Gasteiger partial charge in [0, 0.05) is 18.5 Å². The van der Waals surface area contributed by atoms with Crippen molar-refractivity contribution in [2.24, 2.45) is 5.92 Å². The molecule has 1 saturated heterocycles. The van der Waals surface area contributed by atoms with Gasteiger partial charge < -0.3 is 9.47 Å². The van der Waals surface area contributed by atoms with E-state index in [1.165, 1.54) is 32.5 Å². The predicted molar refractivity (Wildman–Crippen MR) is 123 cm³/mol. The zero-order valence-corrected chi connectivity index (χ0v) is 18.4. The van der Waals surface area contributed by atoms with Crippen molar-refractivity contribution in [3.63, 3.8) is 0 Å². The van der Waals surface area contributed by atoms with Gasteiger partial charge in [-0.1, -0.05) is 49.5 Å². The number of likely N-dealkylation sites (tertiary alicyclic amines) is 1. The van der Waals surface area contributed by atoms with Gasteiger partial charge in [-0.25, -0.2) is 0 Å². The molecule has 4 rings (SSSR count). The quantitative estimate of drug-likeness (QED) is 0.646. The fourth-order valence-corrected chi connectivity index (χ4v) is 4.03. The Morgan fingerprint density at radius 2 is 1.77 bits per heavy atom. The first-order valence-corrected chi connectivity index (χ1v) is 10.7. The lowest BCUT2D eigenvalue weighted by molar-refractivity contribution is 0.103. The topological polar surface area (TPSA) is 38.8 Å². The van der Waals surface area contributed by atoms with Crippen LogP contribution in [0.25, 0.3) is 0 Å². The van der Waals surface area contributed by atoms with Gasteiger partial charge in [-0.3, -0.25) is 9.69 Å². The van der Waals surface area contributed by atoms with Crippen LogP contribution in [0.2, 0.25) is 0 Å². The van der Waals surface area contributed by atoms with E-state index in [0.29, 0.717) is 29.1 Å². The zero-order chi connectivity index (χ0) is 21.5. The van der Waals surface area contributed by atoms with Crippen molar-refractivity contribution in [2.45, 2.75) is 32.6 Å². The van der Waals surface area contributed by atoms with Crippen LogP contribution < -0.4 is 9.47 Å². The smallest absolute Gasteiger partial charge is 0.189 e. The molecule has 0 bridgehead atoms. The van der Waals surface area contributed by atoms with Crippen LogP contribution in [0.5, 0.6) is 11.5 Å². The van der Waals surface area contributed by atoms with Crippen molar-refractivity contribution in [3.8, 4) is 11.5 Å². The van der Waals surface area contributed by atoms with Gasteiger partial charge in [-0.05, 0) is 61.5 Å². The first-order valence-electron chi connectivity index (χ1n) is 10.7. The maximum Gasteiger partial charge on any atom is 0.189 e. The van der Waals surface area contributed by atoms with E-state index in [1.54, 1.807) is 25.9 Å². The summed E-state index contributed by atoms with van der Waals surface area (Å²) >= 11 is 0. The van der Waals surface area contributed by atoms with Crippen molar-refractivity contribution in [1.82, 2.24) is 4.90 Å². The number of methoxy groups -OCH3 is 2. The highest BCUT2D eigenvalue weighted by Gasteiger charge is 2.25. The molecule has 1 aromatic rings. The number of allylic oxidation sites excluding steroid dienone is 6. The fraction of sp³-hybridized carbons (Fsp3) is 0.423. The molecule has 4 heteroatoms. The van der Waals surface area contributed by atoms with Gasteiger partial charge in [-0.2, -0.15) is 0 Å². The third-order valence-electron chi connectivity index (χ3n) is 5.95. The molecule has 0 spiro atoms. The van der Waals surface area contributed by atoms with Gasteiger partial charge in [-0.15, -0.1) is 0 Å². The molecule has 0 aromatic heterocycles. The normalized spacial score (nSPS) is 19.0. The number of benzene rings is 1. The van der Waals surface area contributed by atoms with Gasteiger partial charge in [0.1, 0.15) is 0 Å². The predicted octanol–water partition coefficient (Wildman–Crippen LogP) is 5.16. The Bertz CT molecular complexity index is 871. The average molecular weight is 408 g/mol. The van der Waals surface area contributed by atoms with E-state index in [0.717, 1.165) is 17.9 Å². The molecule has 0 saturated carbocycles. The number of ether oxygens (including phenoxy) is 2. The first-order chi connectivity index (χ1) is 14.5.